The Labute approximate surface area is 151 Å². The first-order valence-electron chi connectivity index (χ1n) is 7.57. The van der Waals surface area contributed by atoms with Gasteiger partial charge in [-0.05, 0) is 36.7 Å². The summed E-state index contributed by atoms with van der Waals surface area (Å²) in [7, 11) is 2.68. The van der Waals surface area contributed by atoms with Gasteiger partial charge < -0.3 is 4.90 Å². The minimum Gasteiger partial charge on any atom is -0.336 e. The minimum atomic E-state index is -4.60. The van der Waals surface area contributed by atoms with Crippen LogP contribution in [0.2, 0.25) is 0 Å². The standard InChI is InChI=1S/C15H19BrF3N5O/c1-6-24-9(3)10(8(2)20-24)7-22(4)14(25)12-11(16)13(15(17,18)19)23(5)21-12/h6-7H2,1-5H3. The minimum absolute atomic E-state index is 0.237. The van der Waals surface area contributed by atoms with E-state index in [1.807, 2.05) is 25.5 Å². The summed E-state index contributed by atoms with van der Waals surface area (Å²) in [4.78, 5) is 13.9. The number of carbonyl (C=O) groups is 1. The van der Waals surface area contributed by atoms with E-state index in [2.05, 4.69) is 26.1 Å². The SMILES string of the molecule is CCn1nc(C)c(CN(C)C(=O)c2nn(C)c(C(F)(F)F)c2Br)c1C. The smallest absolute Gasteiger partial charge is 0.336 e. The molecular weight excluding hydrogens is 403 g/mol. The quantitative estimate of drug-likeness (QED) is 0.760. The third kappa shape index (κ3) is 3.58. The zero-order valence-corrected chi connectivity index (χ0v) is 16.2. The molecule has 0 aliphatic rings. The monoisotopic (exact) mass is 421 g/mol. The molecule has 0 atom stereocenters. The van der Waals surface area contributed by atoms with Crippen molar-refractivity contribution < 1.29 is 18.0 Å². The molecular formula is C15H19BrF3N5O. The van der Waals surface area contributed by atoms with Gasteiger partial charge in [-0.3, -0.25) is 14.2 Å². The summed E-state index contributed by atoms with van der Waals surface area (Å²) in [5.41, 5.74) is 1.33. The van der Waals surface area contributed by atoms with Crippen molar-refractivity contribution >= 4 is 21.8 Å². The first kappa shape index (κ1) is 19.5. The van der Waals surface area contributed by atoms with Gasteiger partial charge in [-0.25, -0.2) is 0 Å². The predicted molar refractivity (Wildman–Crippen MR) is 89.1 cm³/mol. The molecule has 2 aromatic rings. The first-order valence-corrected chi connectivity index (χ1v) is 8.36. The molecule has 0 aromatic carbocycles. The molecule has 10 heteroatoms. The fourth-order valence-corrected chi connectivity index (χ4v) is 3.43. The van der Waals surface area contributed by atoms with Gasteiger partial charge in [-0.15, -0.1) is 0 Å². The molecule has 138 valence electrons. The van der Waals surface area contributed by atoms with E-state index in [1.165, 1.54) is 11.9 Å². The van der Waals surface area contributed by atoms with E-state index >= 15 is 0 Å². The van der Waals surface area contributed by atoms with Gasteiger partial charge in [0, 0.05) is 38.4 Å². The molecule has 6 nitrogen and oxygen atoms in total. The van der Waals surface area contributed by atoms with Gasteiger partial charge >= 0.3 is 6.18 Å². The van der Waals surface area contributed by atoms with Crippen molar-refractivity contribution in [2.75, 3.05) is 7.05 Å². The second-order valence-corrected chi connectivity index (χ2v) is 6.55. The lowest BCUT2D eigenvalue weighted by Crippen LogP contribution is -2.27. The largest absolute Gasteiger partial charge is 0.434 e. The van der Waals surface area contributed by atoms with E-state index in [0.29, 0.717) is 11.2 Å². The van der Waals surface area contributed by atoms with Crippen molar-refractivity contribution in [3.8, 4) is 0 Å². The molecule has 0 saturated carbocycles. The first-order chi connectivity index (χ1) is 11.5. The maximum atomic E-state index is 13.1. The fourth-order valence-electron chi connectivity index (χ4n) is 2.70. The van der Waals surface area contributed by atoms with Crippen LogP contribution in [0.3, 0.4) is 0 Å². The normalized spacial score (nSPS) is 11.9. The number of carbonyl (C=O) groups excluding carboxylic acids is 1. The molecule has 0 saturated heterocycles. The zero-order chi connectivity index (χ0) is 19.1. The van der Waals surface area contributed by atoms with E-state index in [-0.39, 0.29) is 16.7 Å². The predicted octanol–water partition coefficient (Wildman–Crippen LogP) is 3.31. The van der Waals surface area contributed by atoms with Crippen LogP contribution in [-0.2, 0) is 26.3 Å². The van der Waals surface area contributed by atoms with Crippen LogP contribution in [-0.4, -0.2) is 37.4 Å². The van der Waals surface area contributed by atoms with Gasteiger partial charge in [0.15, 0.2) is 11.4 Å². The number of nitrogens with zero attached hydrogens (tertiary/aromatic N) is 5. The summed E-state index contributed by atoms with van der Waals surface area (Å²) >= 11 is 2.87. The van der Waals surface area contributed by atoms with E-state index in [4.69, 9.17) is 0 Å². The van der Waals surface area contributed by atoms with E-state index < -0.39 is 17.8 Å². The molecule has 0 N–H and O–H groups in total. The molecule has 25 heavy (non-hydrogen) atoms. The van der Waals surface area contributed by atoms with Crippen LogP contribution in [0.5, 0.6) is 0 Å². The summed E-state index contributed by atoms with van der Waals surface area (Å²) in [6, 6.07) is 0. The van der Waals surface area contributed by atoms with Crippen molar-refractivity contribution in [3.63, 3.8) is 0 Å². The number of halogens is 4. The Kier molecular flexibility index (Phi) is 5.31. The van der Waals surface area contributed by atoms with Crippen molar-refractivity contribution in [1.82, 2.24) is 24.5 Å². The molecule has 0 aliphatic carbocycles. The summed E-state index contributed by atoms with van der Waals surface area (Å²) in [5.74, 6) is -0.596. The lowest BCUT2D eigenvalue weighted by Gasteiger charge is -2.16. The summed E-state index contributed by atoms with van der Waals surface area (Å²) in [6.45, 7) is 6.63. The Hall–Kier alpha value is -1.84. The molecule has 0 spiro atoms. The Morgan fingerprint density at radius 1 is 1.28 bits per heavy atom. The van der Waals surface area contributed by atoms with Crippen molar-refractivity contribution in [1.29, 1.82) is 0 Å². The zero-order valence-electron chi connectivity index (χ0n) is 14.6. The van der Waals surface area contributed by atoms with Crippen molar-refractivity contribution in [2.45, 2.75) is 40.0 Å². The highest BCUT2D eigenvalue weighted by molar-refractivity contribution is 9.10. The lowest BCUT2D eigenvalue weighted by molar-refractivity contribution is -0.144. The second-order valence-electron chi connectivity index (χ2n) is 5.76. The molecule has 0 unspecified atom stereocenters. The van der Waals surface area contributed by atoms with E-state index in [9.17, 15) is 18.0 Å². The van der Waals surface area contributed by atoms with Gasteiger partial charge in [0.25, 0.3) is 5.91 Å². The van der Waals surface area contributed by atoms with Crippen LogP contribution in [0.25, 0.3) is 0 Å². The van der Waals surface area contributed by atoms with Gasteiger partial charge in [0.05, 0.1) is 10.2 Å². The highest BCUT2D eigenvalue weighted by atomic mass is 79.9. The molecule has 2 aromatic heterocycles. The molecule has 1 amide bonds. The highest BCUT2D eigenvalue weighted by Gasteiger charge is 2.40. The van der Waals surface area contributed by atoms with E-state index in [1.54, 1.807) is 0 Å². The number of rotatable bonds is 4. The molecule has 0 aliphatic heterocycles. The number of alkyl halides is 3. The topological polar surface area (TPSA) is 56.0 Å². The molecule has 0 fully saturated rings. The molecule has 0 radical (unpaired) electrons. The fraction of sp³-hybridized carbons (Fsp3) is 0.533. The van der Waals surface area contributed by atoms with Crippen LogP contribution in [0, 0.1) is 13.8 Å². The molecule has 2 heterocycles. The maximum absolute atomic E-state index is 13.1. The Balaban J connectivity index is 2.32. The average Bonchev–Trinajstić information content (AvgIpc) is 2.95. The summed E-state index contributed by atoms with van der Waals surface area (Å²) in [5, 5.41) is 8.13. The third-order valence-corrected chi connectivity index (χ3v) is 4.78. The lowest BCUT2D eigenvalue weighted by atomic mass is 10.2. The summed E-state index contributed by atoms with van der Waals surface area (Å²) < 4.78 is 41.3. The average molecular weight is 422 g/mol. The van der Waals surface area contributed by atoms with Crippen LogP contribution < -0.4 is 0 Å². The number of amides is 1. The number of hydrogen-bond acceptors (Lipinski definition) is 3. The third-order valence-electron chi connectivity index (χ3n) is 4.03. The van der Waals surface area contributed by atoms with Crippen LogP contribution in [0.4, 0.5) is 13.2 Å². The summed E-state index contributed by atoms with van der Waals surface area (Å²) in [6.07, 6.45) is -4.60. The Bertz CT molecular complexity index is 809. The molecule has 2 rings (SSSR count). The van der Waals surface area contributed by atoms with Gasteiger partial charge in [0.1, 0.15) is 0 Å². The van der Waals surface area contributed by atoms with Gasteiger partial charge in [-0.1, -0.05) is 0 Å². The molecule has 0 bridgehead atoms. The highest BCUT2D eigenvalue weighted by Crippen LogP contribution is 2.36. The Morgan fingerprint density at radius 2 is 1.88 bits per heavy atom. The van der Waals surface area contributed by atoms with Gasteiger partial charge in [-0.2, -0.15) is 23.4 Å². The van der Waals surface area contributed by atoms with Crippen LogP contribution in [0.1, 0.15) is 40.1 Å². The van der Waals surface area contributed by atoms with Gasteiger partial charge in [0.2, 0.25) is 0 Å². The number of aryl methyl sites for hydroxylation is 3. The Morgan fingerprint density at radius 3 is 2.32 bits per heavy atom. The van der Waals surface area contributed by atoms with Crippen molar-refractivity contribution in [2.24, 2.45) is 7.05 Å². The van der Waals surface area contributed by atoms with Crippen molar-refractivity contribution in [3.05, 3.63) is 32.8 Å². The second kappa shape index (κ2) is 6.81. The van der Waals surface area contributed by atoms with Crippen LogP contribution >= 0.6 is 15.9 Å². The number of hydrogen-bond donors (Lipinski definition) is 0. The van der Waals surface area contributed by atoms with Crippen LogP contribution in [0.15, 0.2) is 4.47 Å². The number of aromatic nitrogens is 4. The van der Waals surface area contributed by atoms with E-state index in [0.717, 1.165) is 24.0 Å². The maximum Gasteiger partial charge on any atom is 0.434 e.